The van der Waals surface area contributed by atoms with Crippen molar-refractivity contribution in [3.05, 3.63) is 30.1 Å². The Bertz CT molecular complexity index is 455. The molecule has 1 amide bonds. The summed E-state index contributed by atoms with van der Waals surface area (Å²) in [4.78, 5) is 16.3. The third-order valence-electron chi connectivity index (χ3n) is 4.15. The number of likely N-dealkylation sites (N-methyl/N-ethyl adjacent to an activating group) is 1. The van der Waals surface area contributed by atoms with Gasteiger partial charge in [-0.15, -0.1) is 0 Å². The van der Waals surface area contributed by atoms with Crippen LogP contribution < -0.4 is 10.6 Å². The van der Waals surface area contributed by atoms with Crippen LogP contribution in [0.3, 0.4) is 0 Å². The second-order valence-corrected chi connectivity index (χ2v) is 5.57. The summed E-state index contributed by atoms with van der Waals surface area (Å²) < 4.78 is 13.0. The van der Waals surface area contributed by atoms with E-state index in [-0.39, 0.29) is 11.7 Å². The molecule has 2 N–H and O–H groups in total. The zero-order chi connectivity index (χ0) is 15.2. The van der Waals surface area contributed by atoms with Crippen molar-refractivity contribution in [2.24, 2.45) is 11.7 Å². The van der Waals surface area contributed by atoms with Crippen LogP contribution in [0.2, 0.25) is 0 Å². The summed E-state index contributed by atoms with van der Waals surface area (Å²) in [7, 11) is 0. The first-order valence-electron chi connectivity index (χ1n) is 7.62. The zero-order valence-electron chi connectivity index (χ0n) is 12.6. The van der Waals surface area contributed by atoms with Gasteiger partial charge in [0.1, 0.15) is 5.82 Å². The zero-order valence-corrected chi connectivity index (χ0v) is 12.6. The highest BCUT2D eigenvalue weighted by Gasteiger charge is 2.22. The number of nitrogens with zero attached hydrogens (tertiary/aromatic N) is 2. The van der Waals surface area contributed by atoms with E-state index in [9.17, 15) is 9.18 Å². The molecule has 1 heterocycles. The van der Waals surface area contributed by atoms with Crippen molar-refractivity contribution < 1.29 is 9.18 Å². The molecule has 0 atom stereocenters. The summed E-state index contributed by atoms with van der Waals surface area (Å²) in [6, 6.07) is 6.07. The number of halogens is 1. The van der Waals surface area contributed by atoms with Crippen LogP contribution in [0.15, 0.2) is 24.3 Å². The molecule has 0 saturated carbocycles. The number of anilines is 1. The summed E-state index contributed by atoms with van der Waals surface area (Å²) in [6.07, 6.45) is 2.12. The summed E-state index contributed by atoms with van der Waals surface area (Å²) >= 11 is 0. The minimum atomic E-state index is -0.286. The Balaban J connectivity index is 1.93. The van der Waals surface area contributed by atoms with Gasteiger partial charge in [-0.25, -0.2) is 4.39 Å². The molecule has 4 nitrogen and oxygen atoms in total. The number of piperidine rings is 1. The Kier molecular flexibility index (Phi) is 5.70. The van der Waals surface area contributed by atoms with Crippen molar-refractivity contribution in [2.45, 2.75) is 19.8 Å². The topological polar surface area (TPSA) is 49.6 Å². The van der Waals surface area contributed by atoms with Crippen LogP contribution >= 0.6 is 0 Å². The number of carbonyl (C=O) groups excluding carboxylic acids is 1. The van der Waals surface area contributed by atoms with Gasteiger partial charge in [-0.2, -0.15) is 0 Å². The van der Waals surface area contributed by atoms with Gasteiger partial charge in [0.2, 0.25) is 5.91 Å². The van der Waals surface area contributed by atoms with Crippen molar-refractivity contribution in [3.8, 4) is 0 Å². The Morgan fingerprint density at radius 1 is 1.33 bits per heavy atom. The van der Waals surface area contributed by atoms with E-state index in [4.69, 9.17) is 5.73 Å². The molecule has 0 radical (unpaired) electrons. The first kappa shape index (κ1) is 15.9. The number of rotatable bonds is 5. The highest BCUT2D eigenvalue weighted by molar-refractivity contribution is 5.94. The maximum atomic E-state index is 13.0. The number of amides is 1. The lowest BCUT2D eigenvalue weighted by molar-refractivity contribution is -0.120. The van der Waals surface area contributed by atoms with Crippen molar-refractivity contribution in [3.63, 3.8) is 0 Å². The average Bonchev–Trinajstić information content (AvgIpc) is 2.50. The van der Waals surface area contributed by atoms with Gasteiger partial charge < -0.3 is 10.6 Å². The van der Waals surface area contributed by atoms with Crippen LogP contribution in [0.25, 0.3) is 0 Å². The van der Waals surface area contributed by atoms with E-state index in [0.717, 1.165) is 38.2 Å². The first-order valence-corrected chi connectivity index (χ1v) is 7.62. The molecule has 0 bridgehead atoms. The smallest absolute Gasteiger partial charge is 0.241 e. The lowest BCUT2D eigenvalue weighted by atomic mass is 9.97. The maximum absolute atomic E-state index is 13.0. The molecular weight excluding hydrogens is 269 g/mol. The number of benzene rings is 1. The molecule has 1 fully saturated rings. The molecule has 2 rings (SSSR count). The summed E-state index contributed by atoms with van der Waals surface area (Å²) in [6.45, 7) is 5.52. The maximum Gasteiger partial charge on any atom is 0.241 e. The standard InChI is InChI=1S/C16H24FN3O/c1-2-20(15-5-3-14(17)4-6-15)16(21)12-19-9-7-13(11-18)8-10-19/h3-6,13H,2,7-12,18H2,1H3. The number of carbonyl (C=O) groups is 1. The van der Waals surface area contributed by atoms with Crippen LogP contribution in [0.5, 0.6) is 0 Å². The minimum Gasteiger partial charge on any atom is -0.330 e. The minimum absolute atomic E-state index is 0.0651. The van der Waals surface area contributed by atoms with Crippen LogP contribution in [0, 0.1) is 11.7 Å². The predicted octanol–water partition coefficient (Wildman–Crippen LogP) is 1.85. The lowest BCUT2D eigenvalue weighted by Crippen LogP contribution is -2.44. The highest BCUT2D eigenvalue weighted by Crippen LogP contribution is 2.18. The van der Waals surface area contributed by atoms with E-state index in [1.54, 1.807) is 17.0 Å². The Morgan fingerprint density at radius 3 is 2.48 bits per heavy atom. The van der Waals surface area contributed by atoms with E-state index >= 15 is 0 Å². The van der Waals surface area contributed by atoms with E-state index in [0.29, 0.717) is 19.0 Å². The molecule has 0 aromatic heterocycles. The summed E-state index contributed by atoms with van der Waals surface area (Å²) in [5.41, 5.74) is 6.43. The predicted molar refractivity (Wildman–Crippen MR) is 82.6 cm³/mol. The molecule has 1 aromatic rings. The monoisotopic (exact) mass is 293 g/mol. The van der Waals surface area contributed by atoms with E-state index < -0.39 is 0 Å². The first-order chi connectivity index (χ1) is 10.1. The molecule has 0 spiro atoms. The fourth-order valence-corrected chi connectivity index (χ4v) is 2.78. The third kappa shape index (κ3) is 4.25. The number of hydrogen-bond acceptors (Lipinski definition) is 3. The van der Waals surface area contributed by atoms with E-state index in [1.165, 1.54) is 12.1 Å². The second-order valence-electron chi connectivity index (χ2n) is 5.57. The van der Waals surface area contributed by atoms with Gasteiger partial charge in [-0.05, 0) is 69.6 Å². The molecule has 1 aliphatic rings. The molecule has 0 aliphatic carbocycles. The molecule has 21 heavy (non-hydrogen) atoms. The van der Waals surface area contributed by atoms with Crippen LogP contribution in [-0.2, 0) is 4.79 Å². The van der Waals surface area contributed by atoms with Gasteiger partial charge >= 0.3 is 0 Å². The van der Waals surface area contributed by atoms with Gasteiger partial charge in [-0.1, -0.05) is 0 Å². The molecule has 116 valence electrons. The van der Waals surface area contributed by atoms with Crippen LogP contribution in [-0.4, -0.2) is 43.5 Å². The molecule has 1 saturated heterocycles. The van der Waals surface area contributed by atoms with Gasteiger partial charge in [0, 0.05) is 12.2 Å². The highest BCUT2D eigenvalue weighted by atomic mass is 19.1. The molecular formula is C16H24FN3O. The van der Waals surface area contributed by atoms with Gasteiger partial charge in [0.25, 0.3) is 0 Å². The Labute approximate surface area is 125 Å². The van der Waals surface area contributed by atoms with Crippen LogP contribution in [0.1, 0.15) is 19.8 Å². The quantitative estimate of drug-likeness (QED) is 0.901. The number of likely N-dealkylation sites (tertiary alicyclic amines) is 1. The SMILES string of the molecule is CCN(C(=O)CN1CCC(CN)CC1)c1ccc(F)cc1. The normalized spacial score (nSPS) is 16.9. The second kappa shape index (κ2) is 7.52. The third-order valence-corrected chi connectivity index (χ3v) is 4.15. The Morgan fingerprint density at radius 2 is 1.95 bits per heavy atom. The number of nitrogens with two attached hydrogens (primary N) is 1. The van der Waals surface area contributed by atoms with Gasteiger partial charge in [0.15, 0.2) is 0 Å². The fourth-order valence-electron chi connectivity index (χ4n) is 2.78. The van der Waals surface area contributed by atoms with Gasteiger partial charge in [-0.3, -0.25) is 9.69 Å². The summed E-state index contributed by atoms with van der Waals surface area (Å²) in [5, 5.41) is 0. The molecule has 1 aromatic carbocycles. The number of hydrogen-bond donors (Lipinski definition) is 1. The lowest BCUT2D eigenvalue weighted by Gasteiger charge is -2.32. The van der Waals surface area contributed by atoms with Crippen molar-refractivity contribution in [1.29, 1.82) is 0 Å². The van der Waals surface area contributed by atoms with Crippen molar-refractivity contribution >= 4 is 11.6 Å². The largest absolute Gasteiger partial charge is 0.330 e. The molecule has 5 heteroatoms. The molecule has 0 unspecified atom stereocenters. The average molecular weight is 293 g/mol. The van der Waals surface area contributed by atoms with Gasteiger partial charge in [0.05, 0.1) is 6.54 Å². The van der Waals surface area contributed by atoms with E-state index in [1.807, 2.05) is 6.92 Å². The molecule has 1 aliphatic heterocycles. The van der Waals surface area contributed by atoms with Crippen LogP contribution in [0.4, 0.5) is 10.1 Å². The Hall–Kier alpha value is -1.46. The van der Waals surface area contributed by atoms with E-state index in [2.05, 4.69) is 4.90 Å². The summed E-state index contributed by atoms with van der Waals surface area (Å²) in [5.74, 6) is 0.372. The fraction of sp³-hybridized carbons (Fsp3) is 0.562. The van der Waals surface area contributed by atoms with Crippen molar-refractivity contribution in [2.75, 3.05) is 37.6 Å². The van der Waals surface area contributed by atoms with Crippen molar-refractivity contribution in [1.82, 2.24) is 4.90 Å².